The Bertz CT molecular complexity index is 470. The van der Waals surface area contributed by atoms with Gasteiger partial charge in [0.1, 0.15) is 5.75 Å². The van der Waals surface area contributed by atoms with Gasteiger partial charge in [-0.3, -0.25) is 0 Å². The molecular weight excluding hydrogens is 258 g/mol. The molecule has 0 aliphatic carbocycles. The summed E-state index contributed by atoms with van der Waals surface area (Å²) in [5.74, 6) is 0.0285. The van der Waals surface area contributed by atoms with Gasteiger partial charge in [-0.25, -0.2) is 4.79 Å². The lowest BCUT2D eigenvalue weighted by Gasteiger charge is -2.06. The molecular formula is C8H8ClNO5S. The Labute approximate surface area is 97.4 Å². The fraction of sp³-hybridized carbons (Fsp3) is 0.125. The summed E-state index contributed by atoms with van der Waals surface area (Å²) in [6, 6.07) is 5.59. The van der Waals surface area contributed by atoms with Gasteiger partial charge in [0, 0.05) is 5.02 Å². The number of amides is 1. The summed E-state index contributed by atoms with van der Waals surface area (Å²) in [7, 11) is -3.19. The van der Waals surface area contributed by atoms with Crippen LogP contribution in [-0.2, 0) is 15.0 Å². The standard InChI is InChI=1S/C8H8ClNO5S/c1-14-8(11)10-16(12,13)15-7-4-2-6(9)3-5-7/h2-5H,1H3,(H,10,11). The van der Waals surface area contributed by atoms with Gasteiger partial charge in [0.2, 0.25) is 0 Å². The van der Waals surface area contributed by atoms with Gasteiger partial charge in [-0.05, 0) is 24.3 Å². The largest absolute Gasteiger partial charge is 0.452 e. The van der Waals surface area contributed by atoms with Crippen molar-refractivity contribution in [2.75, 3.05) is 7.11 Å². The second kappa shape index (κ2) is 5.04. The molecule has 0 heterocycles. The van der Waals surface area contributed by atoms with Crippen molar-refractivity contribution in [3.63, 3.8) is 0 Å². The van der Waals surface area contributed by atoms with Crippen LogP contribution in [0.1, 0.15) is 0 Å². The van der Waals surface area contributed by atoms with E-state index >= 15 is 0 Å². The van der Waals surface area contributed by atoms with Crippen LogP contribution in [0.25, 0.3) is 0 Å². The first-order valence-electron chi connectivity index (χ1n) is 3.99. The molecule has 1 aromatic rings. The predicted molar refractivity (Wildman–Crippen MR) is 56.5 cm³/mol. The molecule has 0 saturated heterocycles. The van der Waals surface area contributed by atoms with E-state index in [9.17, 15) is 13.2 Å². The highest BCUT2D eigenvalue weighted by Crippen LogP contribution is 2.16. The monoisotopic (exact) mass is 265 g/mol. The Morgan fingerprint density at radius 2 is 1.88 bits per heavy atom. The molecule has 0 aliphatic heterocycles. The van der Waals surface area contributed by atoms with E-state index in [4.69, 9.17) is 11.6 Å². The molecule has 1 rings (SSSR count). The molecule has 0 saturated carbocycles. The molecule has 0 bridgehead atoms. The number of carbonyl (C=O) groups excluding carboxylic acids is 1. The molecule has 0 unspecified atom stereocenters. The summed E-state index contributed by atoms with van der Waals surface area (Å²) in [6.07, 6.45) is -1.13. The Balaban J connectivity index is 2.73. The zero-order valence-corrected chi connectivity index (χ0v) is 9.71. The predicted octanol–water partition coefficient (Wildman–Crippen LogP) is 1.32. The lowest BCUT2D eigenvalue weighted by atomic mass is 10.3. The SMILES string of the molecule is COC(=O)NS(=O)(=O)Oc1ccc(Cl)cc1. The van der Waals surface area contributed by atoms with E-state index in [2.05, 4.69) is 8.92 Å². The smallest absolute Gasteiger partial charge is 0.423 e. The van der Waals surface area contributed by atoms with Crippen LogP contribution in [0.15, 0.2) is 24.3 Å². The molecule has 6 nitrogen and oxygen atoms in total. The van der Waals surface area contributed by atoms with Crippen molar-refractivity contribution in [1.29, 1.82) is 0 Å². The van der Waals surface area contributed by atoms with E-state index in [0.29, 0.717) is 5.02 Å². The molecule has 1 amide bonds. The normalized spacial score (nSPS) is 10.6. The molecule has 8 heteroatoms. The van der Waals surface area contributed by atoms with Gasteiger partial charge in [-0.2, -0.15) is 13.1 Å². The number of nitrogens with one attached hydrogen (secondary N) is 1. The first kappa shape index (κ1) is 12.6. The number of ether oxygens (including phenoxy) is 1. The van der Waals surface area contributed by atoms with Crippen LogP contribution < -0.4 is 8.91 Å². The summed E-state index contributed by atoms with van der Waals surface area (Å²) in [4.78, 5) is 10.7. The van der Waals surface area contributed by atoms with E-state index < -0.39 is 16.4 Å². The highest BCUT2D eigenvalue weighted by Gasteiger charge is 2.16. The first-order valence-corrected chi connectivity index (χ1v) is 5.77. The molecule has 0 atom stereocenters. The molecule has 0 aromatic heterocycles. The highest BCUT2D eigenvalue weighted by atomic mass is 35.5. The maximum Gasteiger partial charge on any atom is 0.423 e. The van der Waals surface area contributed by atoms with Crippen LogP contribution in [0.2, 0.25) is 5.02 Å². The number of rotatable bonds is 3. The fourth-order valence-electron chi connectivity index (χ4n) is 0.781. The summed E-state index contributed by atoms with van der Waals surface area (Å²) in [5.41, 5.74) is 0. The van der Waals surface area contributed by atoms with Crippen molar-refractivity contribution in [2.24, 2.45) is 0 Å². The number of hydrogen-bond acceptors (Lipinski definition) is 5. The lowest BCUT2D eigenvalue weighted by Crippen LogP contribution is -2.33. The van der Waals surface area contributed by atoms with E-state index in [1.807, 2.05) is 0 Å². The minimum absolute atomic E-state index is 0.0285. The van der Waals surface area contributed by atoms with Gasteiger partial charge >= 0.3 is 16.4 Å². The van der Waals surface area contributed by atoms with Crippen LogP contribution in [0.5, 0.6) is 5.75 Å². The van der Waals surface area contributed by atoms with Crippen molar-refractivity contribution in [2.45, 2.75) is 0 Å². The van der Waals surface area contributed by atoms with Crippen molar-refractivity contribution in [3.05, 3.63) is 29.3 Å². The first-order chi connectivity index (χ1) is 7.43. The summed E-state index contributed by atoms with van der Waals surface area (Å²) < 4.78 is 32.5. The van der Waals surface area contributed by atoms with E-state index in [1.165, 1.54) is 29.0 Å². The van der Waals surface area contributed by atoms with Crippen molar-refractivity contribution in [3.8, 4) is 5.75 Å². The lowest BCUT2D eigenvalue weighted by molar-refractivity contribution is 0.177. The van der Waals surface area contributed by atoms with Gasteiger partial charge in [0.05, 0.1) is 7.11 Å². The Hall–Kier alpha value is -1.47. The quantitative estimate of drug-likeness (QED) is 0.891. The molecule has 0 fully saturated rings. The third kappa shape index (κ3) is 3.95. The zero-order valence-electron chi connectivity index (χ0n) is 8.14. The van der Waals surface area contributed by atoms with Crippen LogP contribution in [0.3, 0.4) is 0 Å². The molecule has 16 heavy (non-hydrogen) atoms. The summed E-state index contributed by atoms with van der Waals surface area (Å²) >= 11 is 5.59. The minimum Gasteiger partial charge on any atom is -0.452 e. The molecule has 0 radical (unpaired) electrons. The summed E-state index contributed by atoms with van der Waals surface area (Å²) in [5, 5.41) is 0.436. The number of halogens is 1. The molecule has 1 aromatic carbocycles. The molecule has 0 aliphatic rings. The molecule has 0 spiro atoms. The van der Waals surface area contributed by atoms with Gasteiger partial charge in [0.25, 0.3) is 0 Å². The average molecular weight is 266 g/mol. The van der Waals surface area contributed by atoms with Gasteiger partial charge in [-0.1, -0.05) is 11.6 Å². The van der Waals surface area contributed by atoms with Gasteiger partial charge in [-0.15, -0.1) is 0 Å². The number of carbonyl (C=O) groups is 1. The van der Waals surface area contributed by atoms with Crippen LogP contribution in [0, 0.1) is 0 Å². The van der Waals surface area contributed by atoms with Crippen LogP contribution in [-0.4, -0.2) is 21.6 Å². The van der Waals surface area contributed by atoms with Crippen molar-refractivity contribution < 1.29 is 22.1 Å². The van der Waals surface area contributed by atoms with E-state index in [1.54, 1.807) is 0 Å². The van der Waals surface area contributed by atoms with E-state index in [-0.39, 0.29) is 5.75 Å². The third-order valence-electron chi connectivity index (χ3n) is 1.41. The fourth-order valence-corrected chi connectivity index (χ4v) is 1.60. The Morgan fingerprint density at radius 3 is 2.38 bits per heavy atom. The molecule has 88 valence electrons. The minimum atomic E-state index is -4.23. The maximum atomic E-state index is 11.2. The van der Waals surface area contributed by atoms with Crippen molar-refractivity contribution in [1.82, 2.24) is 4.72 Å². The zero-order chi connectivity index (χ0) is 12.2. The van der Waals surface area contributed by atoms with Crippen molar-refractivity contribution >= 4 is 28.0 Å². The molecule has 1 N–H and O–H groups in total. The summed E-state index contributed by atoms with van der Waals surface area (Å²) in [6.45, 7) is 0. The topological polar surface area (TPSA) is 81.7 Å². The second-order valence-electron chi connectivity index (χ2n) is 2.59. The van der Waals surface area contributed by atoms with Crippen LogP contribution >= 0.6 is 11.6 Å². The van der Waals surface area contributed by atoms with Crippen LogP contribution in [0.4, 0.5) is 4.79 Å². The number of methoxy groups -OCH3 is 1. The third-order valence-corrected chi connectivity index (χ3v) is 2.49. The van der Waals surface area contributed by atoms with E-state index in [0.717, 1.165) is 7.11 Å². The average Bonchev–Trinajstić information content (AvgIpc) is 2.20. The second-order valence-corrected chi connectivity index (χ2v) is 4.30. The number of benzene rings is 1. The number of hydrogen-bond donors (Lipinski definition) is 1. The maximum absolute atomic E-state index is 11.2. The van der Waals surface area contributed by atoms with Gasteiger partial charge in [0.15, 0.2) is 0 Å². The highest BCUT2D eigenvalue weighted by molar-refractivity contribution is 7.85. The Kier molecular flexibility index (Phi) is 3.97. The Morgan fingerprint density at radius 1 is 1.31 bits per heavy atom. The van der Waals surface area contributed by atoms with Gasteiger partial charge < -0.3 is 8.92 Å².